The van der Waals surface area contributed by atoms with Crippen LogP contribution in [-0.4, -0.2) is 15.2 Å². The normalized spacial score (nSPS) is 10.8. The molecule has 0 spiro atoms. The van der Waals surface area contributed by atoms with Crippen LogP contribution in [0.4, 0.5) is 0 Å². The highest BCUT2D eigenvalue weighted by atomic mass is 15.1. The van der Waals surface area contributed by atoms with Crippen LogP contribution in [0.1, 0.15) is 11.1 Å². The molecule has 1 aromatic heterocycles. The SMILES string of the molecule is Cc1cc(C)cc(-c2nnc3ccccc3n2)c1. The predicted molar refractivity (Wildman–Crippen MR) is 72.2 cm³/mol. The summed E-state index contributed by atoms with van der Waals surface area (Å²) in [7, 11) is 0. The van der Waals surface area contributed by atoms with E-state index in [1.165, 1.54) is 11.1 Å². The Morgan fingerprint density at radius 1 is 0.778 bits per heavy atom. The summed E-state index contributed by atoms with van der Waals surface area (Å²) in [5, 5.41) is 8.40. The monoisotopic (exact) mass is 235 g/mol. The summed E-state index contributed by atoms with van der Waals surface area (Å²) in [5.41, 5.74) is 5.14. The predicted octanol–water partition coefficient (Wildman–Crippen LogP) is 3.31. The van der Waals surface area contributed by atoms with Gasteiger partial charge >= 0.3 is 0 Å². The largest absolute Gasteiger partial charge is 0.225 e. The average molecular weight is 235 g/mol. The van der Waals surface area contributed by atoms with E-state index in [2.05, 4.69) is 47.2 Å². The van der Waals surface area contributed by atoms with Crippen molar-refractivity contribution in [2.45, 2.75) is 13.8 Å². The molecule has 3 aromatic rings. The van der Waals surface area contributed by atoms with Crippen LogP contribution in [0.15, 0.2) is 42.5 Å². The molecule has 3 heteroatoms. The van der Waals surface area contributed by atoms with E-state index in [0.717, 1.165) is 16.6 Å². The van der Waals surface area contributed by atoms with Crippen molar-refractivity contribution in [3.05, 3.63) is 53.6 Å². The van der Waals surface area contributed by atoms with Crippen molar-refractivity contribution in [3.63, 3.8) is 0 Å². The van der Waals surface area contributed by atoms with E-state index >= 15 is 0 Å². The Bertz CT molecular complexity index is 700. The fraction of sp³-hybridized carbons (Fsp3) is 0.133. The minimum atomic E-state index is 0.681. The number of benzene rings is 2. The second kappa shape index (κ2) is 4.18. The zero-order valence-electron chi connectivity index (χ0n) is 10.4. The topological polar surface area (TPSA) is 38.7 Å². The summed E-state index contributed by atoms with van der Waals surface area (Å²) in [4.78, 5) is 4.55. The van der Waals surface area contributed by atoms with Crippen LogP contribution in [0.25, 0.3) is 22.4 Å². The van der Waals surface area contributed by atoms with E-state index in [0.29, 0.717) is 5.82 Å². The summed E-state index contributed by atoms with van der Waals surface area (Å²) in [5.74, 6) is 0.681. The molecule has 0 saturated heterocycles. The third-order valence-electron chi connectivity index (χ3n) is 2.84. The number of aromatic nitrogens is 3. The number of rotatable bonds is 1. The molecule has 0 amide bonds. The number of hydrogen-bond donors (Lipinski definition) is 0. The molecule has 0 N–H and O–H groups in total. The standard InChI is InChI=1S/C15H13N3/c1-10-7-11(2)9-12(8-10)15-16-13-5-3-4-6-14(13)17-18-15/h3-9H,1-2H3. The van der Waals surface area contributed by atoms with Gasteiger partial charge < -0.3 is 0 Å². The summed E-state index contributed by atoms with van der Waals surface area (Å²) >= 11 is 0. The van der Waals surface area contributed by atoms with E-state index in [9.17, 15) is 0 Å². The van der Waals surface area contributed by atoms with E-state index in [1.54, 1.807) is 0 Å². The van der Waals surface area contributed by atoms with Gasteiger partial charge in [0.05, 0.1) is 5.52 Å². The van der Waals surface area contributed by atoms with Crippen LogP contribution in [0, 0.1) is 13.8 Å². The molecule has 3 nitrogen and oxygen atoms in total. The molecule has 0 radical (unpaired) electrons. The highest BCUT2D eigenvalue weighted by Crippen LogP contribution is 2.19. The fourth-order valence-corrected chi connectivity index (χ4v) is 2.11. The van der Waals surface area contributed by atoms with Crippen LogP contribution in [0.3, 0.4) is 0 Å². The van der Waals surface area contributed by atoms with Crippen molar-refractivity contribution < 1.29 is 0 Å². The maximum absolute atomic E-state index is 4.55. The first-order valence-electron chi connectivity index (χ1n) is 5.90. The van der Waals surface area contributed by atoms with Crippen molar-refractivity contribution in [1.82, 2.24) is 15.2 Å². The summed E-state index contributed by atoms with van der Waals surface area (Å²) < 4.78 is 0. The summed E-state index contributed by atoms with van der Waals surface area (Å²) in [6.45, 7) is 4.15. The van der Waals surface area contributed by atoms with E-state index < -0.39 is 0 Å². The molecule has 1 heterocycles. The van der Waals surface area contributed by atoms with Gasteiger partial charge in [-0.1, -0.05) is 29.3 Å². The first kappa shape index (κ1) is 10.8. The van der Waals surface area contributed by atoms with Gasteiger partial charge in [-0.2, -0.15) is 0 Å². The Kier molecular flexibility index (Phi) is 2.52. The number of aryl methyl sites for hydroxylation is 2. The van der Waals surface area contributed by atoms with Gasteiger partial charge in [0.2, 0.25) is 0 Å². The Hall–Kier alpha value is -2.29. The van der Waals surface area contributed by atoms with E-state index in [4.69, 9.17) is 0 Å². The molecular formula is C15H13N3. The minimum absolute atomic E-state index is 0.681. The van der Waals surface area contributed by atoms with Crippen molar-refractivity contribution >= 4 is 11.0 Å². The van der Waals surface area contributed by atoms with Crippen LogP contribution >= 0.6 is 0 Å². The third-order valence-corrected chi connectivity index (χ3v) is 2.84. The number of hydrogen-bond acceptors (Lipinski definition) is 3. The van der Waals surface area contributed by atoms with Gasteiger partial charge in [0.1, 0.15) is 5.52 Å². The molecule has 3 rings (SSSR count). The molecular weight excluding hydrogens is 222 g/mol. The Morgan fingerprint density at radius 2 is 1.44 bits per heavy atom. The Balaban J connectivity index is 2.19. The molecule has 0 saturated carbocycles. The van der Waals surface area contributed by atoms with Crippen LogP contribution in [0.5, 0.6) is 0 Å². The van der Waals surface area contributed by atoms with Crippen molar-refractivity contribution in [2.75, 3.05) is 0 Å². The minimum Gasteiger partial charge on any atom is -0.225 e. The number of para-hydroxylation sites is 1. The van der Waals surface area contributed by atoms with Gasteiger partial charge in [0.25, 0.3) is 0 Å². The molecule has 0 bridgehead atoms. The zero-order valence-corrected chi connectivity index (χ0v) is 10.4. The lowest BCUT2D eigenvalue weighted by molar-refractivity contribution is 1.03. The first-order valence-corrected chi connectivity index (χ1v) is 5.90. The molecule has 0 aliphatic carbocycles. The van der Waals surface area contributed by atoms with Gasteiger partial charge in [0, 0.05) is 5.56 Å². The van der Waals surface area contributed by atoms with E-state index in [-0.39, 0.29) is 0 Å². The van der Waals surface area contributed by atoms with E-state index in [1.807, 2.05) is 24.3 Å². The van der Waals surface area contributed by atoms with Gasteiger partial charge in [-0.05, 0) is 38.1 Å². The van der Waals surface area contributed by atoms with Crippen molar-refractivity contribution in [1.29, 1.82) is 0 Å². The lowest BCUT2D eigenvalue weighted by Crippen LogP contribution is -1.94. The van der Waals surface area contributed by atoms with Gasteiger partial charge in [-0.25, -0.2) is 4.98 Å². The van der Waals surface area contributed by atoms with Crippen molar-refractivity contribution in [2.24, 2.45) is 0 Å². The molecule has 0 fully saturated rings. The maximum atomic E-state index is 4.55. The first-order chi connectivity index (χ1) is 8.72. The Morgan fingerprint density at radius 3 is 2.17 bits per heavy atom. The maximum Gasteiger partial charge on any atom is 0.182 e. The van der Waals surface area contributed by atoms with Gasteiger partial charge in [0.15, 0.2) is 5.82 Å². The number of nitrogens with zero attached hydrogens (tertiary/aromatic N) is 3. The second-order valence-corrected chi connectivity index (χ2v) is 4.50. The second-order valence-electron chi connectivity index (χ2n) is 4.50. The molecule has 0 aliphatic rings. The smallest absolute Gasteiger partial charge is 0.182 e. The van der Waals surface area contributed by atoms with Gasteiger partial charge in [-0.3, -0.25) is 0 Å². The zero-order chi connectivity index (χ0) is 12.5. The molecule has 88 valence electrons. The average Bonchev–Trinajstić information content (AvgIpc) is 2.37. The molecule has 0 unspecified atom stereocenters. The third kappa shape index (κ3) is 1.95. The van der Waals surface area contributed by atoms with Crippen molar-refractivity contribution in [3.8, 4) is 11.4 Å². The molecule has 18 heavy (non-hydrogen) atoms. The summed E-state index contributed by atoms with van der Waals surface area (Å²) in [6.07, 6.45) is 0. The lowest BCUT2D eigenvalue weighted by atomic mass is 10.1. The quantitative estimate of drug-likeness (QED) is 0.649. The fourth-order valence-electron chi connectivity index (χ4n) is 2.11. The highest BCUT2D eigenvalue weighted by molar-refractivity contribution is 5.75. The Labute approximate surface area is 106 Å². The van der Waals surface area contributed by atoms with Gasteiger partial charge in [-0.15, -0.1) is 10.2 Å². The summed E-state index contributed by atoms with van der Waals surface area (Å²) in [6, 6.07) is 14.1. The molecule has 0 atom stereocenters. The number of fused-ring (bicyclic) bond motifs is 1. The van der Waals surface area contributed by atoms with Crippen LogP contribution in [0.2, 0.25) is 0 Å². The van der Waals surface area contributed by atoms with Crippen LogP contribution < -0.4 is 0 Å². The molecule has 2 aromatic carbocycles. The van der Waals surface area contributed by atoms with Crippen LogP contribution in [-0.2, 0) is 0 Å². The lowest BCUT2D eigenvalue weighted by Gasteiger charge is -2.04. The highest BCUT2D eigenvalue weighted by Gasteiger charge is 2.05. The molecule has 0 aliphatic heterocycles.